The van der Waals surface area contributed by atoms with Crippen molar-refractivity contribution in [1.82, 2.24) is 9.97 Å². The number of aromatic nitrogens is 2. The molecule has 1 aromatic carbocycles. The van der Waals surface area contributed by atoms with E-state index >= 15 is 0 Å². The maximum atomic E-state index is 5.96. The van der Waals surface area contributed by atoms with E-state index in [4.69, 9.17) is 10.5 Å². The summed E-state index contributed by atoms with van der Waals surface area (Å²) >= 11 is 0. The van der Waals surface area contributed by atoms with E-state index < -0.39 is 0 Å². The number of fused-ring (bicyclic) bond motifs is 1. The third-order valence-electron chi connectivity index (χ3n) is 3.05. The molecule has 1 atom stereocenters. The molecular formula is C15H15N3O. The highest BCUT2D eigenvalue weighted by Gasteiger charge is 2.08. The van der Waals surface area contributed by atoms with E-state index in [9.17, 15) is 0 Å². The van der Waals surface area contributed by atoms with Gasteiger partial charge in [-0.2, -0.15) is 0 Å². The summed E-state index contributed by atoms with van der Waals surface area (Å²) in [6.07, 6.45) is 5.35. The number of ether oxygens (including phenoxy) is 1. The van der Waals surface area contributed by atoms with Gasteiger partial charge in [-0.05, 0) is 42.8 Å². The van der Waals surface area contributed by atoms with E-state index in [1.54, 1.807) is 12.4 Å². The lowest BCUT2D eigenvalue weighted by atomic mass is 10.1. The topological polar surface area (TPSA) is 63.9 Å². The third kappa shape index (κ3) is 2.30. The fraction of sp³-hybridized carbons (Fsp3) is 0.133. The van der Waals surface area contributed by atoms with Crippen molar-refractivity contribution in [3.8, 4) is 11.5 Å². The molecule has 1 unspecified atom stereocenters. The summed E-state index contributed by atoms with van der Waals surface area (Å²) in [5.41, 5.74) is 8.11. The van der Waals surface area contributed by atoms with Crippen LogP contribution in [0.15, 0.2) is 48.9 Å². The van der Waals surface area contributed by atoms with Gasteiger partial charge in [0.2, 0.25) is 0 Å². The summed E-state index contributed by atoms with van der Waals surface area (Å²) < 4.78 is 5.77. The second kappa shape index (κ2) is 4.74. The van der Waals surface area contributed by atoms with Crippen LogP contribution in [0, 0.1) is 0 Å². The van der Waals surface area contributed by atoms with Gasteiger partial charge in [0.05, 0.1) is 6.20 Å². The number of H-pyrrole nitrogens is 1. The lowest BCUT2D eigenvalue weighted by Crippen LogP contribution is -2.03. The Bertz CT molecular complexity index is 689. The number of nitrogens with two attached hydrogens (primary N) is 1. The minimum Gasteiger partial charge on any atom is -0.456 e. The predicted molar refractivity (Wildman–Crippen MR) is 75.2 cm³/mol. The molecule has 96 valence electrons. The van der Waals surface area contributed by atoms with Crippen molar-refractivity contribution >= 4 is 10.9 Å². The number of nitrogens with one attached hydrogen (secondary N) is 1. The van der Waals surface area contributed by atoms with Gasteiger partial charge in [-0.1, -0.05) is 0 Å². The zero-order valence-corrected chi connectivity index (χ0v) is 10.6. The van der Waals surface area contributed by atoms with E-state index in [2.05, 4.69) is 9.97 Å². The van der Waals surface area contributed by atoms with Crippen LogP contribution in [0.25, 0.3) is 10.9 Å². The average Bonchev–Trinajstić information content (AvgIpc) is 2.83. The van der Waals surface area contributed by atoms with Gasteiger partial charge < -0.3 is 15.5 Å². The van der Waals surface area contributed by atoms with Gasteiger partial charge in [0.1, 0.15) is 11.5 Å². The van der Waals surface area contributed by atoms with Crippen molar-refractivity contribution in [2.45, 2.75) is 13.0 Å². The van der Waals surface area contributed by atoms with E-state index in [1.807, 2.05) is 43.5 Å². The summed E-state index contributed by atoms with van der Waals surface area (Å²) in [5.74, 6) is 1.50. The normalized spacial score (nSPS) is 12.5. The number of hydrogen-bond acceptors (Lipinski definition) is 3. The van der Waals surface area contributed by atoms with Crippen molar-refractivity contribution in [3.63, 3.8) is 0 Å². The predicted octanol–water partition coefficient (Wildman–Crippen LogP) is 3.37. The molecule has 4 nitrogen and oxygen atoms in total. The van der Waals surface area contributed by atoms with Gasteiger partial charge in [-0.25, -0.2) is 0 Å². The fourth-order valence-electron chi connectivity index (χ4n) is 2.11. The minimum atomic E-state index is -0.0117. The molecule has 0 saturated heterocycles. The van der Waals surface area contributed by atoms with Crippen molar-refractivity contribution in [2.24, 2.45) is 5.73 Å². The highest BCUT2D eigenvalue weighted by atomic mass is 16.5. The van der Waals surface area contributed by atoms with Crippen LogP contribution < -0.4 is 10.5 Å². The molecule has 0 aliphatic rings. The maximum Gasteiger partial charge on any atom is 0.145 e. The Kier molecular flexibility index (Phi) is 2.93. The molecule has 3 aromatic rings. The highest BCUT2D eigenvalue weighted by Crippen LogP contribution is 2.29. The van der Waals surface area contributed by atoms with Gasteiger partial charge >= 0.3 is 0 Å². The lowest BCUT2D eigenvalue weighted by molar-refractivity contribution is 0.481. The first-order valence-electron chi connectivity index (χ1n) is 6.18. The molecule has 19 heavy (non-hydrogen) atoms. The first-order chi connectivity index (χ1) is 9.24. The molecule has 3 N–H and O–H groups in total. The molecule has 4 heteroatoms. The van der Waals surface area contributed by atoms with Crippen LogP contribution in [0.3, 0.4) is 0 Å². The van der Waals surface area contributed by atoms with E-state index in [1.165, 1.54) is 0 Å². The van der Waals surface area contributed by atoms with E-state index in [0.717, 1.165) is 28.0 Å². The summed E-state index contributed by atoms with van der Waals surface area (Å²) in [5, 5.41) is 1.09. The Morgan fingerprint density at radius 2 is 2.16 bits per heavy atom. The summed E-state index contributed by atoms with van der Waals surface area (Å²) in [7, 11) is 0. The molecule has 0 spiro atoms. The zero-order valence-electron chi connectivity index (χ0n) is 10.6. The third-order valence-corrected chi connectivity index (χ3v) is 3.05. The smallest absolute Gasteiger partial charge is 0.145 e. The number of benzene rings is 1. The molecule has 0 bridgehead atoms. The Morgan fingerprint density at radius 1 is 1.26 bits per heavy atom. The second-order valence-electron chi connectivity index (χ2n) is 4.53. The summed E-state index contributed by atoms with van der Waals surface area (Å²) in [6, 6.07) is 9.63. The fourth-order valence-corrected chi connectivity index (χ4v) is 2.11. The standard InChI is InChI=1S/C15H15N3O/c1-10(16)14-9-18-15-5-4-11(7-13(14)15)19-12-3-2-6-17-8-12/h2-10,18H,16H2,1H3. The van der Waals surface area contributed by atoms with Gasteiger partial charge in [0, 0.05) is 29.3 Å². The second-order valence-corrected chi connectivity index (χ2v) is 4.53. The van der Waals surface area contributed by atoms with Gasteiger partial charge in [-0.3, -0.25) is 4.98 Å². The first kappa shape index (κ1) is 11.7. The quantitative estimate of drug-likeness (QED) is 0.752. The van der Waals surface area contributed by atoms with Gasteiger partial charge in [0.15, 0.2) is 0 Å². The van der Waals surface area contributed by atoms with E-state index in [0.29, 0.717) is 0 Å². The number of pyridine rings is 1. The summed E-state index contributed by atoms with van der Waals surface area (Å²) in [6.45, 7) is 1.97. The Hall–Kier alpha value is -2.33. The Balaban J connectivity index is 1.99. The van der Waals surface area contributed by atoms with Crippen LogP contribution in [-0.2, 0) is 0 Å². The molecule has 2 heterocycles. The number of nitrogens with zero attached hydrogens (tertiary/aromatic N) is 1. The van der Waals surface area contributed by atoms with Crippen molar-refractivity contribution in [1.29, 1.82) is 0 Å². The first-order valence-corrected chi connectivity index (χ1v) is 6.18. The Morgan fingerprint density at radius 3 is 2.89 bits per heavy atom. The number of aromatic amines is 1. The molecule has 0 amide bonds. The van der Waals surface area contributed by atoms with Crippen molar-refractivity contribution in [3.05, 3.63) is 54.5 Å². The largest absolute Gasteiger partial charge is 0.456 e. The SMILES string of the molecule is CC(N)c1c[nH]c2ccc(Oc3cccnc3)cc12. The van der Waals surface area contributed by atoms with Crippen LogP contribution in [0.4, 0.5) is 0 Å². The van der Waals surface area contributed by atoms with Crippen LogP contribution in [-0.4, -0.2) is 9.97 Å². The van der Waals surface area contributed by atoms with E-state index in [-0.39, 0.29) is 6.04 Å². The summed E-state index contributed by atoms with van der Waals surface area (Å²) in [4.78, 5) is 7.24. The van der Waals surface area contributed by atoms with Crippen LogP contribution in [0.2, 0.25) is 0 Å². The van der Waals surface area contributed by atoms with Gasteiger partial charge in [-0.15, -0.1) is 0 Å². The molecule has 0 saturated carbocycles. The minimum absolute atomic E-state index is 0.0117. The zero-order chi connectivity index (χ0) is 13.2. The Labute approximate surface area is 111 Å². The number of rotatable bonds is 3. The molecule has 0 fully saturated rings. The maximum absolute atomic E-state index is 5.96. The average molecular weight is 253 g/mol. The molecule has 0 aliphatic heterocycles. The molecular weight excluding hydrogens is 238 g/mol. The monoisotopic (exact) mass is 253 g/mol. The molecule has 0 aliphatic carbocycles. The molecule has 2 aromatic heterocycles. The lowest BCUT2D eigenvalue weighted by Gasteiger charge is -2.07. The van der Waals surface area contributed by atoms with Crippen LogP contribution in [0.1, 0.15) is 18.5 Å². The van der Waals surface area contributed by atoms with Crippen molar-refractivity contribution < 1.29 is 4.74 Å². The van der Waals surface area contributed by atoms with Crippen LogP contribution in [0.5, 0.6) is 11.5 Å². The van der Waals surface area contributed by atoms with Crippen molar-refractivity contribution in [2.75, 3.05) is 0 Å². The molecule has 3 rings (SSSR count). The highest BCUT2D eigenvalue weighted by molar-refractivity contribution is 5.85. The number of hydrogen-bond donors (Lipinski definition) is 2. The van der Waals surface area contributed by atoms with Crippen LogP contribution >= 0.6 is 0 Å². The molecule has 0 radical (unpaired) electrons. The van der Waals surface area contributed by atoms with Gasteiger partial charge in [0.25, 0.3) is 0 Å².